The minimum Gasteiger partial charge on any atom is -0.461 e. The van der Waals surface area contributed by atoms with Crippen molar-refractivity contribution in [2.45, 2.75) is 56.3 Å². The Kier molecular flexibility index (Phi) is 7.56. The van der Waals surface area contributed by atoms with E-state index in [-0.39, 0.29) is 43.6 Å². The number of hydrogen-bond donors (Lipinski definition) is 1. The van der Waals surface area contributed by atoms with Gasteiger partial charge in [-0.15, -0.1) is 0 Å². The Morgan fingerprint density at radius 3 is 2.98 bits per heavy atom. The van der Waals surface area contributed by atoms with E-state index in [4.69, 9.17) is 35.5 Å². The van der Waals surface area contributed by atoms with Crippen LogP contribution in [0, 0.1) is 5.82 Å². The van der Waals surface area contributed by atoms with Crippen LogP contribution in [0.15, 0.2) is 18.5 Å². The van der Waals surface area contributed by atoms with Gasteiger partial charge in [0.1, 0.15) is 29.8 Å². The first-order valence-corrected chi connectivity index (χ1v) is 16.3. The van der Waals surface area contributed by atoms with Gasteiger partial charge in [-0.25, -0.2) is 13.6 Å². The molecule has 3 atom stereocenters. The number of carbonyl (C=O) groups is 1. The van der Waals surface area contributed by atoms with Crippen molar-refractivity contribution in [1.29, 1.82) is 0 Å². The molecule has 3 saturated heterocycles. The molecule has 5 aliphatic heterocycles. The molecule has 5 aliphatic rings. The largest absolute Gasteiger partial charge is 0.508 e. The molecule has 1 aromatic carbocycles. The number of fused-ring (bicyclic) bond motifs is 8. The van der Waals surface area contributed by atoms with Crippen molar-refractivity contribution in [1.82, 2.24) is 30.0 Å². The van der Waals surface area contributed by atoms with Crippen LogP contribution >= 0.6 is 11.6 Å². The van der Waals surface area contributed by atoms with Crippen LogP contribution in [-0.4, -0.2) is 106 Å². The summed E-state index contributed by atoms with van der Waals surface area (Å²) in [6.45, 7) is 4.09. The van der Waals surface area contributed by atoms with E-state index in [9.17, 15) is 9.18 Å². The first-order valence-electron chi connectivity index (χ1n) is 15.9. The van der Waals surface area contributed by atoms with Gasteiger partial charge in [-0.05, 0) is 50.8 Å². The molecule has 0 amide bonds. The molecule has 15 heteroatoms. The number of pyridine rings is 1. The average molecular weight is 670 g/mol. The number of alkyl halides is 1. The molecular weight excluding hydrogens is 636 g/mol. The maximum atomic E-state index is 17.0. The van der Waals surface area contributed by atoms with Crippen LogP contribution in [0.4, 0.5) is 19.4 Å². The third kappa shape index (κ3) is 5.39. The van der Waals surface area contributed by atoms with E-state index in [0.29, 0.717) is 77.2 Å². The molecule has 0 aliphatic carbocycles. The van der Waals surface area contributed by atoms with Crippen molar-refractivity contribution in [2.75, 3.05) is 57.5 Å². The highest BCUT2D eigenvalue weighted by molar-refractivity contribution is 6.33. The van der Waals surface area contributed by atoms with Crippen molar-refractivity contribution in [2.24, 2.45) is 0 Å². The number of H-pyrrole nitrogens is 1. The van der Waals surface area contributed by atoms with Crippen LogP contribution < -0.4 is 9.64 Å². The number of hydrogen-bond acceptors (Lipinski definition) is 11. The van der Waals surface area contributed by atoms with E-state index >= 15 is 4.39 Å². The molecule has 4 aromatic rings. The number of ether oxygens (including phenoxy) is 4. The molecule has 0 saturated carbocycles. The summed E-state index contributed by atoms with van der Waals surface area (Å²) in [4.78, 5) is 30.9. The first kappa shape index (κ1) is 30.5. The lowest BCUT2D eigenvalue weighted by Crippen LogP contribution is -2.46. The fourth-order valence-corrected chi connectivity index (χ4v) is 7.93. The molecule has 3 fully saturated rings. The smallest absolute Gasteiger partial charge is 0.461 e. The number of nitrogens with one attached hydrogen (secondary N) is 1. The normalized spacial score (nSPS) is 26.8. The topological polar surface area (TPSA) is 128 Å². The minimum atomic E-state index is -1.11. The standard InChI is InChI=1S/C32H34ClF2N7O5/c1-31-15-41(7-9-44-16-31)28-21-12-36-27(24-19(4-2-8-45-30(43)47-31)22(33)10-23-20(24)13-37-40-23)25(35)26(21)38-29(39-28)46-17-32-5-3-6-42(32)14-18(34)11-32/h10,12-13,18H,2-9,11,14-17H2,1H3,(H,37,40)/t18-,31-,32+/m1/s1. The molecule has 0 unspecified atom stereocenters. The van der Waals surface area contributed by atoms with Gasteiger partial charge in [0.15, 0.2) is 11.4 Å². The van der Waals surface area contributed by atoms with Crippen LogP contribution in [0.1, 0.15) is 38.2 Å². The highest BCUT2D eigenvalue weighted by atomic mass is 35.5. The number of carbonyl (C=O) groups excluding carboxylic acids is 1. The van der Waals surface area contributed by atoms with Gasteiger partial charge in [-0.2, -0.15) is 15.1 Å². The SMILES string of the molecule is C[C@]12COCCN(C1)c1nc(OC[C@@]34CCCN3C[C@H](F)C4)nc3c(F)c(ncc13)-c1c(c(Cl)cc3[nH]ncc13)CCCOC(=O)O2. The second-order valence-corrected chi connectivity index (χ2v) is 13.6. The number of nitrogens with zero attached hydrogens (tertiary/aromatic N) is 6. The first-order chi connectivity index (χ1) is 22.7. The lowest BCUT2D eigenvalue weighted by Gasteiger charge is -2.33. The van der Waals surface area contributed by atoms with E-state index in [0.717, 1.165) is 19.4 Å². The van der Waals surface area contributed by atoms with Crippen molar-refractivity contribution in [3.63, 3.8) is 0 Å². The average Bonchev–Trinajstić information content (AvgIpc) is 3.69. The lowest BCUT2D eigenvalue weighted by molar-refractivity contribution is -0.0575. The number of benzene rings is 1. The minimum absolute atomic E-state index is 0.00688. The summed E-state index contributed by atoms with van der Waals surface area (Å²) in [6, 6.07) is 1.69. The summed E-state index contributed by atoms with van der Waals surface area (Å²) in [5, 5.41) is 8.44. The van der Waals surface area contributed by atoms with E-state index in [1.54, 1.807) is 25.4 Å². The molecule has 12 nitrogen and oxygen atoms in total. The quantitative estimate of drug-likeness (QED) is 0.296. The van der Waals surface area contributed by atoms with Crippen LogP contribution in [0.25, 0.3) is 33.1 Å². The van der Waals surface area contributed by atoms with Gasteiger partial charge in [-0.1, -0.05) is 11.6 Å². The highest BCUT2D eigenvalue weighted by Gasteiger charge is 2.49. The monoisotopic (exact) mass is 669 g/mol. The maximum Gasteiger partial charge on any atom is 0.508 e. The van der Waals surface area contributed by atoms with Gasteiger partial charge >= 0.3 is 12.2 Å². The molecule has 6 bridgehead atoms. The van der Waals surface area contributed by atoms with Gasteiger partial charge in [0.2, 0.25) is 0 Å². The summed E-state index contributed by atoms with van der Waals surface area (Å²) in [5.41, 5.74) is 0.192. The van der Waals surface area contributed by atoms with Gasteiger partial charge in [-0.3, -0.25) is 15.0 Å². The van der Waals surface area contributed by atoms with Gasteiger partial charge in [0.05, 0.1) is 49.0 Å². The van der Waals surface area contributed by atoms with Crippen molar-refractivity contribution < 1.29 is 32.5 Å². The zero-order valence-electron chi connectivity index (χ0n) is 25.9. The zero-order valence-corrected chi connectivity index (χ0v) is 26.6. The third-order valence-corrected chi connectivity index (χ3v) is 10.1. The van der Waals surface area contributed by atoms with E-state index in [1.807, 2.05) is 4.90 Å². The Bertz CT molecular complexity index is 1880. The Hall–Kier alpha value is -3.88. The van der Waals surface area contributed by atoms with E-state index in [2.05, 4.69) is 25.1 Å². The molecule has 1 N–H and O–H groups in total. The van der Waals surface area contributed by atoms with E-state index in [1.165, 1.54) is 0 Å². The molecular formula is C32H34ClF2N7O5. The van der Waals surface area contributed by atoms with Crippen molar-refractivity contribution in [3.8, 4) is 17.3 Å². The van der Waals surface area contributed by atoms with Gasteiger partial charge < -0.3 is 23.8 Å². The van der Waals surface area contributed by atoms with E-state index < -0.39 is 29.3 Å². The molecule has 9 rings (SSSR count). The summed E-state index contributed by atoms with van der Waals surface area (Å²) in [6.07, 6.45) is 4.25. The summed E-state index contributed by atoms with van der Waals surface area (Å²) in [5.74, 6) is -0.324. The lowest BCUT2D eigenvalue weighted by atomic mass is 9.95. The van der Waals surface area contributed by atoms with Crippen molar-refractivity contribution in [3.05, 3.63) is 34.9 Å². The Morgan fingerprint density at radius 1 is 1.19 bits per heavy atom. The van der Waals surface area contributed by atoms with Gasteiger partial charge in [0, 0.05) is 41.7 Å². The van der Waals surface area contributed by atoms with Crippen LogP contribution in [0.2, 0.25) is 5.02 Å². The summed E-state index contributed by atoms with van der Waals surface area (Å²) < 4.78 is 54.9. The number of aromatic nitrogens is 5. The second kappa shape index (κ2) is 11.7. The molecule has 248 valence electrons. The Balaban J connectivity index is 1.31. The fourth-order valence-electron chi connectivity index (χ4n) is 7.63. The molecule has 0 radical (unpaired) electrons. The Labute approximate surface area is 273 Å². The molecule has 0 spiro atoms. The molecule has 8 heterocycles. The predicted molar refractivity (Wildman–Crippen MR) is 168 cm³/mol. The summed E-state index contributed by atoms with van der Waals surface area (Å²) in [7, 11) is 0. The summed E-state index contributed by atoms with van der Waals surface area (Å²) >= 11 is 6.77. The number of aromatic amines is 1. The number of anilines is 1. The van der Waals surface area contributed by atoms with Crippen LogP contribution in [-0.2, 0) is 20.6 Å². The highest BCUT2D eigenvalue weighted by Crippen LogP contribution is 2.42. The fraction of sp³-hybridized carbons (Fsp3) is 0.531. The zero-order chi connectivity index (χ0) is 32.3. The maximum absolute atomic E-state index is 17.0. The second-order valence-electron chi connectivity index (χ2n) is 13.1. The number of rotatable bonds is 3. The van der Waals surface area contributed by atoms with Crippen LogP contribution in [0.5, 0.6) is 6.01 Å². The predicted octanol–water partition coefficient (Wildman–Crippen LogP) is 5.01. The van der Waals surface area contributed by atoms with Crippen molar-refractivity contribution >= 4 is 45.4 Å². The number of halogens is 3. The molecule has 3 aromatic heterocycles. The van der Waals surface area contributed by atoms with Gasteiger partial charge in [0.25, 0.3) is 0 Å². The molecule has 47 heavy (non-hydrogen) atoms. The third-order valence-electron chi connectivity index (χ3n) is 9.77. The van der Waals surface area contributed by atoms with Crippen LogP contribution in [0.3, 0.4) is 0 Å². The Morgan fingerprint density at radius 2 is 2.09 bits per heavy atom.